The number of carboxylic acids is 1. The highest BCUT2D eigenvalue weighted by molar-refractivity contribution is 6.30. The maximum Gasteiger partial charge on any atom is 0.305 e. The molecule has 1 fully saturated rings. The second-order valence-corrected chi connectivity index (χ2v) is 6.16. The number of aliphatic carboxylic acids is 1. The first kappa shape index (κ1) is 15.8. The smallest absolute Gasteiger partial charge is 0.305 e. The lowest BCUT2D eigenvalue weighted by atomic mass is 9.78. The summed E-state index contributed by atoms with van der Waals surface area (Å²) in [5.41, 5.74) is -0.0295. The van der Waals surface area contributed by atoms with Crippen molar-refractivity contribution in [1.82, 2.24) is 4.90 Å². The van der Waals surface area contributed by atoms with Gasteiger partial charge >= 0.3 is 5.97 Å². The number of hydrogen-bond donors (Lipinski definition) is 1. The van der Waals surface area contributed by atoms with Gasteiger partial charge in [-0.3, -0.25) is 9.59 Å². The van der Waals surface area contributed by atoms with Gasteiger partial charge in [0.25, 0.3) is 5.91 Å². The Morgan fingerprint density at radius 2 is 1.76 bits per heavy atom. The van der Waals surface area contributed by atoms with Crippen molar-refractivity contribution in [2.75, 3.05) is 7.05 Å². The topological polar surface area (TPSA) is 57.6 Å². The number of carbonyl (C=O) groups is 2. The number of rotatable bonds is 4. The summed E-state index contributed by atoms with van der Waals surface area (Å²) in [7, 11) is 1.71. The van der Waals surface area contributed by atoms with Crippen LogP contribution < -0.4 is 0 Å². The molecule has 1 N–H and O–H groups in total. The van der Waals surface area contributed by atoms with Crippen LogP contribution in [0, 0.1) is 0 Å². The van der Waals surface area contributed by atoms with E-state index in [-0.39, 0.29) is 12.3 Å². The maximum atomic E-state index is 12.6. The van der Waals surface area contributed by atoms with Gasteiger partial charge < -0.3 is 10.0 Å². The first-order valence-corrected chi connectivity index (χ1v) is 7.58. The van der Waals surface area contributed by atoms with Crippen molar-refractivity contribution in [2.24, 2.45) is 0 Å². The van der Waals surface area contributed by atoms with Gasteiger partial charge in [-0.05, 0) is 37.1 Å². The largest absolute Gasteiger partial charge is 0.481 e. The third-order valence-corrected chi connectivity index (χ3v) is 4.62. The predicted molar refractivity (Wildman–Crippen MR) is 81.6 cm³/mol. The average molecular weight is 310 g/mol. The Labute approximate surface area is 129 Å². The number of benzene rings is 1. The fraction of sp³-hybridized carbons (Fsp3) is 0.500. The van der Waals surface area contributed by atoms with E-state index in [1.165, 1.54) is 0 Å². The molecule has 1 saturated carbocycles. The van der Waals surface area contributed by atoms with E-state index in [4.69, 9.17) is 11.6 Å². The molecule has 4 nitrogen and oxygen atoms in total. The van der Waals surface area contributed by atoms with Crippen molar-refractivity contribution in [2.45, 2.75) is 44.1 Å². The van der Waals surface area contributed by atoms with Crippen LogP contribution in [-0.4, -0.2) is 34.5 Å². The number of hydrogen-bond acceptors (Lipinski definition) is 2. The number of carbonyl (C=O) groups excluding carboxylic acids is 1. The molecule has 0 atom stereocenters. The highest BCUT2D eigenvalue weighted by atomic mass is 35.5. The van der Waals surface area contributed by atoms with Gasteiger partial charge in [-0.15, -0.1) is 0 Å². The molecule has 1 aliphatic rings. The zero-order chi connectivity index (χ0) is 15.5. The number of carboxylic acid groups (broad SMARTS) is 1. The second-order valence-electron chi connectivity index (χ2n) is 5.73. The molecular weight excluding hydrogens is 290 g/mol. The Morgan fingerprint density at radius 3 is 2.29 bits per heavy atom. The molecule has 0 unspecified atom stereocenters. The maximum absolute atomic E-state index is 12.6. The van der Waals surface area contributed by atoms with Crippen LogP contribution in [0.1, 0.15) is 48.9 Å². The minimum atomic E-state index is -0.854. The van der Waals surface area contributed by atoms with Crippen LogP contribution >= 0.6 is 11.6 Å². The molecule has 114 valence electrons. The van der Waals surface area contributed by atoms with Gasteiger partial charge in [0.15, 0.2) is 0 Å². The Kier molecular flexibility index (Phi) is 4.88. The van der Waals surface area contributed by atoms with E-state index in [0.717, 1.165) is 32.1 Å². The molecule has 0 saturated heterocycles. The number of halogens is 1. The van der Waals surface area contributed by atoms with E-state index in [1.807, 2.05) is 0 Å². The van der Waals surface area contributed by atoms with E-state index in [9.17, 15) is 14.7 Å². The standard InChI is InChI=1S/C16H20ClNO3/c1-18(15(21)12-5-7-13(17)8-6-12)16(11-14(19)20)9-3-2-4-10-16/h5-8H,2-4,9-11H2,1H3,(H,19,20). The molecule has 1 aromatic carbocycles. The second kappa shape index (κ2) is 6.48. The van der Waals surface area contributed by atoms with Crippen molar-refractivity contribution >= 4 is 23.5 Å². The zero-order valence-corrected chi connectivity index (χ0v) is 12.9. The van der Waals surface area contributed by atoms with Crippen molar-refractivity contribution in [3.05, 3.63) is 34.9 Å². The molecule has 1 aromatic rings. The third-order valence-electron chi connectivity index (χ3n) is 4.37. The van der Waals surface area contributed by atoms with E-state index in [2.05, 4.69) is 0 Å². The molecule has 0 heterocycles. The summed E-state index contributed by atoms with van der Waals surface area (Å²) in [6, 6.07) is 6.71. The van der Waals surface area contributed by atoms with Crippen LogP contribution in [0.5, 0.6) is 0 Å². The summed E-state index contributed by atoms with van der Waals surface area (Å²) in [5, 5.41) is 9.79. The van der Waals surface area contributed by atoms with Gasteiger partial charge in [-0.2, -0.15) is 0 Å². The molecule has 0 bridgehead atoms. The summed E-state index contributed by atoms with van der Waals surface area (Å²) in [5.74, 6) is -0.998. The molecular formula is C16H20ClNO3. The van der Waals surface area contributed by atoms with Gasteiger partial charge in [0.2, 0.25) is 0 Å². The van der Waals surface area contributed by atoms with Gasteiger partial charge in [0, 0.05) is 17.6 Å². The predicted octanol–water partition coefficient (Wildman–Crippen LogP) is 3.59. The van der Waals surface area contributed by atoms with E-state index >= 15 is 0 Å². The van der Waals surface area contributed by atoms with Gasteiger partial charge in [-0.25, -0.2) is 0 Å². The van der Waals surface area contributed by atoms with Crippen molar-refractivity contribution < 1.29 is 14.7 Å². The van der Waals surface area contributed by atoms with Gasteiger partial charge in [-0.1, -0.05) is 30.9 Å². The highest BCUT2D eigenvalue weighted by Gasteiger charge is 2.40. The molecule has 1 amide bonds. The minimum absolute atomic E-state index is 0.00281. The third kappa shape index (κ3) is 3.56. The van der Waals surface area contributed by atoms with Crippen molar-refractivity contribution in [3.8, 4) is 0 Å². The Hall–Kier alpha value is -1.55. The lowest BCUT2D eigenvalue weighted by Crippen LogP contribution is -2.52. The van der Waals surface area contributed by atoms with Gasteiger partial charge in [0.1, 0.15) is 0 Å². The normalized spacial score (nSPS) is 17.2. The van der Waals surface area contributed by atoms with Gasteiger partial charge in [0.05, 0.1) is 12.0 Å². The molecule has 2 rings (SSSR count). The van der Waals surface area contributed by atoms with Crippen LogP contribution in [0.4, 0.5) is 0 Å². The van der Waals surface area contributed by atoms with E-state index in [0.29, 0.717) is 10.6 Å². The Morgan fingerprint density at radius 1 is 1.19 bits per heavy atom. The first-order valence-electron chi connectivity index (χ1n) is 7.20. The number of nitrogens with zero attached hydrogens (tertiary/aromatic N) is 1. The van der Waals surface area contributed by atoms with E-state index in [1.54, 1.807) is 36.2 Å². The summed E-state index contributed by atoms with van der Waals surface area (Å²) in [4.78, 5) is 25.5. The zero-order valence-electron chi connectivity index (χ0n) is 12.1. The quantitative estimate of drug-likeness (QED) is 0.924. The lowest BCUT2D eigenvalue weighted by Gasteiger charge is -2.44. The minimum Gasteiger partial charge on any atom is -0.481 e. The van der Waals surface area contributed by atoms with Crippen LogP contribution in [-0.2, 0) is 4.79 Å². The molecule has 0 aliphatic heterocycles. The van der Waals surface area contributed by atoms with Crippen LogP contribution in [0.15, 0.2) is 24.3 Å². The highest BCUT2D eigenvalue weighted by Crippen LogP contribution is 2.36. The average Bonchev–Trinajstić information content (AvgIpc) is 2.47. The first-order chi connectivity index (χ1) is 9.94. The van der Waals surface area contributed by atoms with E-state index < -0.39 is 11.5 Å². The molecule has 21 heavy (non-hydrogen) atoms. The lowest BCUT2D eigenvalue weighted by molar-refractivity contribution is -0.140. The van der Waals surface area contributed by atoms with Crippen molar-refractivity contribution in [3.63, 3.8) is 0 Å². The summed E-state index contributed by atoms with van der Waals surface area (Å²) >= 11 is 5.84. The SMILES string of the molecule is CN(C(=O)c1ccc(Cl)cc1)C1(CC(=O)O)CCCCC1. The fourth-order valence-electron chi connectivity index (χ4n) is 3.12. The molecule has 0 radical (unpaired) electrons. The molecule has 5 heteroatoms. The molecule has 0 spiro atoms. The molecule has 0 aromatic heterocycles. The van der Waals surface area contributed by atoms with Crippen LogP contribution in [0.2, 0.25) is 5.02 Å². The van der Waals surface area contributed by atoms with Crippen molar-refractivity contribution in [1.29, 1.82) is 0 Å². The Balaban J connectivity index is 2.24. The monoisotopic (exact) mass is 309 g/mol. The molecule has 1 aliphatic carbocycles. The van der Waals surface area contributed by atoms with Crippen LogP contribution in [0.25, 0.3) is 0 Å². The van der Waals surface area contributed by atoms with Crippen LogP contribution in [0.3, 0.4) is 0 Å². The summed E-state index contributed by atoms with van der Waals surface area (Å²) < 4.78 is 0. The Bertz CT molecular complexity index is 521. The summed E-state index contributed by atoms with van der Waals surface area (Å²) in [6.07, 6.45) is 4.52. The fourth-order valence-corrected chi connectivity index (χ4v) is 3.25. The number of amides is 1. The summed E-state index contributed by atoms with van der Waals surface area (Å²) in [6.45, 7) is 0.